The summed E-state index contributed by atoms with van der Waals surface area (Å²) < 4.78 is 9.26. The van der Waals surface area contributed by atoms with E-state index in [1.807, 2.05) is 6.92 Å². The third kappa shape index (κ3) is 7.70. The second kappa shape index (κ2) is 7.97. The van der Waals surface area contributed by atoms with E-state index in [-0.39, 0.29) is 26.3 Å². The van der Waals surface area contributed by atoms with Gasteiger partial charge in [-0.15, -0.1) is 0 Å². The van der Waals surface area contributed by atoms with Crippen molar-refractivity contribution in [1.29, 1.82) is 0 Å². The number of aliphatic hydroxyl groups excluding tert-OH is 2. The molecule has 5 heteroatoms. The predicted octanol–water partition coefficient (Wildman–Crippen LogP) is -0.692. The van der Waals surface area contributed by atoms with Crippen LogP contribution in [0.3, 0.4) is 0 Å². The zero-order chi connectivity index (χ0) is 10.1. The summed E-state index contributed by atoms with van der Waals surface area (Å²) in [6, 6.07) is 0. The van der Waals surface area contributed by atoms with E-state index in [0.29, 0.717) is 6.42 Å². The van der Waals surface area contributed by atoms with Gasteiger partial charge in [-0.25, -0.2) is 0 Å². The topological polar surface area (TPSA) is 76.0 Å². The standard InChI is InChI=1S/C8H16O5/c1-2-7(10)3-12-4-8(11)5-13-6-9/h6-8,10-11H,2-5H2,1H3. The normalized spacial score (nSPS) is 15.0. The molecule has 2 N–H and O–H groups in total. The first-order chi connectivity index (χ1) is 6.20. The van der Waals surface area contributed by atoms with E-state index in [1.165, 1.54) is 0 Å². The molecule has 0 heterocycles. The summed E-state index contributed by atoms with van der Waals surface area (Å²) in [6.45, 7) is 2.27. The van der Waals surface area contributed by atoms with Gasteiger partial charge in [0.25, 0.3) is 6.47 Å². The van der Waals surface area contributed by atoms with Crippen LogP contribution in [0.5, 0.6) is 0 Å². The fourth-order valence-corrected chi connectivity index (χ4v) is 0.656. The first-order valence-electron chi connectivity index (χ1n) is 4.19. The smallest absolute Gasteiger partial charge is 0.293 e. The van der Waals surface area contributed by atoms with Crippen LogP contribution in [0.2, 0.25) is 0 Å². The molecule has 0 aromatic rings. The first kappa shape index (κ1) is 12.3. The molecule has 0 saturated heterocycles. The van der Waals surface area contributed by atoms with Gasteiger partial charge in [-0.3, -0.25) is 4.79 Å². The molecule has 78 valence electrons. The van der Waals surface area contributed by atoms with Crippen molar-refractivity contribution in [2.75, 3.05) is 19.8 Å². The molecule has 0 aliphatic heterocycles. The summed E-state index contributed by atoms with van der Waals surface area (Å²) in [4.78, 5) is 9.72. The third-order valence-corrected chi connectivity index (χ3v) is 1.45. The Hall–Kier alpha value is -0.650. The molecule has 0 bridgehead atoms. The summed E-state index contributed by atoms with van der Waals surface area (Å²) in [6.07, 6.45) is -0.713. The van der Waals surface area contributed by atoms with Crippen LogP contribution in [0, 0.1) is 0 Å². The Balaban J connectivity index is 3.25. The minimum absolute atomic E-state index is 0.0604. The molecule has 0 aliphatic carbocycles. The van der Waals surface area contributed by atoms with Crippen molar-refractivity contribution in [3.63, 3.8) is 0 Å². The zero-order valence-corrected chi connectivity index (χ0v) is 7.68. The van der Waals surface area contributed by atoms with Crippen LogP contribution in [0.4, 0.5) is 0 Å². The third-order valence-electron chi connectivity index (χ3n) is 1.45. The highest BCUT2D eigenvalue weighted by atomic mass is 16.5. The Labute approximate surface area is 77.3 Å². The Bertz CT molecular complexity index is 128. The van der Waals surface area contributed by atoms with Crippen LogP contribution >= 0.6 is 0 Å². The van der Waals surface area contributed by atoms with Crippen molar-refractivity contribution in [1.82, 2.24) is 0 Å². The average molecular weight is 192 g/mol. The molecule has 0 spiro atoms. The number of carbonyl (C=O) groups excluding carboxylic acids is 1. The van der Waals surface area contributed by atoms with Crippen LogP contribution in [0.1, 0.15) is 13.3 Å². The first-order valence-corrected chi connectivity index (χ1v) is 4.19. The molecule has 2 atom stereocenters. The number of ether oxygens (including phenoxy) is 2. The van der Waals surface area contributed by atoms with Crippen molar-refractivity contribution < 1.29 is 24.5 Å². The fraction of sp³-hybridized carbons (Fsp3) is 0.875. The van der Waals surface area contributed by atoms with E-state index in [0.717, 1.165) is 0 Å². The van der Waals surface area contributed by atoms with Gasteiger partial charge in [0.15, 0.2) is 0 Å². The molecule has 13 heavy (non-hydrogen) atoms. The molecule has 0 amide bonds. The maximum Gasteiger partial charge on any atom is 0.293 e. The Morgan fingerprint density at radius 1 is 1.23 bits per heavy atom. The highest BCUT2D eigenvalue weighted by Gasteiger charge is 2.06. The lowest BCUT2D eigenvalue weighted by Crippen LogP contribution is -2.24. The van der Waals surface area contributed by atoms with Crippen molar-refractivity contribution in [3.05, 3.63) is 0 Å². The molecule has 2 unspecified atom stereocenters. The molecular formula is C8H16O5. The summed E-state index contributed by atoms with van der Waals surface area (Å²) in [5, 5.41) is 18.1. The number of aliphatic hydroxyl groups is 2. The minimum Gasteiger partial charge on any atom is -0.465 e. The van der Waals surface area contributed by atoms with Gasteiger partial charge < -0.3 is 19.7 Å². The van der Waals surface area contributed by atoms with Crippen LogP contribution in [0.15, 0.2) is 0 Å². The number of rotatable bonds is 8. The minimum atomic E-state index is -0.825. The van der Waals surface area contributed by atoms with E-state index in [4.69, 9.17) is 14.9 Å². The van der Waals surface area contributed by atoms with E-state index < -0.39 is 12.2 Å². The van der Waals surface area contributed by atoms with Gasteiger partial charge in [-0.05, 0) is 6.42 Å². The summed E-state index contributed by atoms with van der Waals surface area (Å²) in [5.74, 6) is 0. The molecule has 0 fully saturated rings. The number of carbonyl (C=O) groups is 1. The van der Waals surface area contributed by atoms with Crippen molar-refractivity contribution >= 4 is 6.47 Å². The summed E-state index contributed by atoms with van der Waals surface area (Å²) in [7, 11) is 0. The highest BCUT2D eigenvalue weighted by Crippen LogP contribution is 1.92. The average Bonchev–Trinajstić information content (AvgIpc) is 2.14. The van der Waals surface area contributed by atoms with Crippen molar-refractivity contribution in [3.8, 4) is 0 Å². The van der Waals surface area contributed by atoms with Crippen molar-refractivity contribution in [2.24, 2.45) is 0 Å². The summed E-state index contributed by atoms with van der Waals surface area (Å²) >= 11 is 0. The monoisotopic (exact) mass is 192 g/mol. The Morgan fingerprint density at radius 2 is 1.85 bits per heavy atom. The molecule has 0 aliphatic rings. The molecule has 0 aromatic heterocycles. The van der Waals surface area contributed by atoms with E-state index >= 15 is 0 Å². The lowest BCUT2D eigenvalue weighted by atomic mass is 10.3. The van der Waals surface area contributed by atoms with Gasteiger partial charge in [-0.2, -0.15) is 0 Å². The molecular weight excluding hydrogens is 176 g/mol. The van der Waals surface area contributed by atoms with Crippen LogP contribution in [0.25, 0.3) is 0 Å². The Morgan fingerprint density at radius 3 is 2.38 bits per heavy atom. The van der Waals surface area contributed by atoms with Crippen LogP contribution < -0.4 is 0 Å². The predicted molar refractivity (Wildman–Crippen MR) is 45.1 cm³/mol. The second-order valence-corrected chi connectivity index (χ2v) is 2.68. The summed E-state index contributed by atoms with van der Waals surface area (Å²) in [5.41, 5.74) is 0. The van der Waals surface area contributed by atoms with Gasteiger partial charge in [0, 0.05) is 0 Å². The van der Waals surface area contributed by atoms with E-state index in [9.17, 15) is 4.79 Å². The second-order valence-electron chi connectivity index (χ2n) is 2.68. The maximum absolute atomic E-state index is 9.72. The maximum atomic E-state index is 9.72. The van der Waals surface area contributed by atoms with Gasteiger partial charge in [-0.1, -0.05) is 6.92 Å². The molecule has 0 radical (unpaired) electrons. The SMILES string of the molecule is CCC(O)COCC(O)COC=O. The lowest BCUT2D eigenvalue weighted by molar-refractivity contribution is -0.133. The number of hydrogen-bond donors (Lipinski definition) is 2. The van der Waals surface area contributed by atoms with Crippen LogP contribution in [-0.2, 0) is 14.3 Å². The molecule has 5 nitrogen and oxygen atoms in total. The molecule has 0 rings (SSSR count). The Kier molecular flexibility index (Phi) is 7.57. The van der Waals surface area contributed by atoms with Gasteiger partial charge in [0.05, 0.1) is 19.3 Å². The quantitative estimate of drug-likeness (QED) is 0.498. The highest BCUT2D eigenvalue weighted by molar-refractivity contribution is 5.36. The van der Waals surface area contributed by atoms with E-state index in [2.05, 4.69) is 4.74 Å². The van der Waals surface area contributed by atoms with Gasteiger partial charge in [0.2, 0.25) is 0 Å². The van der Waals surface area contributed by atoms with Crippen LogP contribution in [-0.4, -0.2) is 48.7 Å². The largest absolute Gasteiger partial charge is 0.465 e. The zero-order valence-electron chi connectivity index (χ0n) is 7.68. The lowest BCUT2D eigenvalue weighted by Gasteiger charge is -2.12. The number of hydrogen-bond acceptors (Lipinski definition) is 5. The van der Waals surface area contributed by atoms with Gasteiger partial charge >= 0.3 is 0 Å². The molecule has 0 aromatic carbocycles. The van der Waals surface area contributed by atoms with E-state index in [1.54, 1.807) is 0 Å². The fourth-order valence-electron chi connectivity index (χ4n) is 0.656. The van der Waals surface area contributed by atoms with Gasteiger partial charge in [0.1, 0.15) is 12.7 Å². The van der Waals surface area contributed by atoms with Crippen molar-refractivity contribution in [2.45, 2.75) is 25.6 Å². The molecule has 0 saturated carbocycles.